The van der Waals surface area contributed by atoms with E-state index in [9.17, 15) is 4.79 Å². The molecule has 0 aliphatic rings. The van der Waals surface area contributed by atoms with Crippen LogP contribution in [-0.4, -0.2) is 27.5 Å². The zero-order valence-electron chi connectivity index (χ0n) is 12.0. The third kappa shape index (κ3) is 4.68. The summed E-state index contributed by atoms with van der Waals surface area (Å²) in [6.45, 7) is 4.55. The summed E-state index contributed by atoms with van der Waals surface area (Å²) in [5.74, 6) is 0.439. The topological polar surface area (TPSA) is 66.6 Å². The number of hydrogen-bond acceptors (Lipinski definition) is 4. The van der Waals surface area contributed by atoms with Gasteiger partial charge in [-0.25, -0.2) is 4.98 Å². The minimum absolute atomic E-state index is 0.0625. The summed E-state index contributed by atoms with van der Waals surface area (Å²) in [6.07, 6.45) is 0. The fraction of sp³-hybridized carbons (Fsp3) is 0.333. The first-order valence-electron chi connectivity index (χ1n) is 6.55. The molecule has 1 aromatic heterocycles. The molecule has 0 spiro atoms. The third-order valence-electron chi connectivity index (χ3n) is 3.09. The van der Waals surface area contributed by atoms with Crippen molar-refractivity contribution in [2.45, 2.75) is 26.9 Å². The summed E-state index contributed by atoms with van der Waals surface area (Å²) in [7, 11) is 0. The highest BCUT2D eigenvalue weighted by Gasteiger charge is 2.15. The number of aromatic nitrogens is 1. The molecular weight excluding hydrogens is 336 g/mol. The van der Waals surface area contributed by atoms with Crippen LogP contribution in [0.2, 0.25) is 0 Å². The van der Waals surface area contributed by atoms with Crippen LogP contribution >= 0.6 is 15.9 Å². The van der Waals surface area contributed by atoms with Crippen LogP contribution in [0.15, 0.2) is 33.2 Å². The SMILES string of the molecule is Cc1nc(CN(CC(=O)O)Cc2cccc(Br)c2)oc1C. The molecule has 0 saturated heterocycles. The van der Waals surface area contributed by atoms with Crippen LogP contribution in [0.25, 0.3) is 0 Å². The molecule has 21 heavy (non-hydrogen) atoms. The molecule has 1 N–H and O–H groups in total. The average Bonchev–Trinajstić information content (AvgIpc) is 2.67. The van der Waals surface area contributed by atoms with E-state index in [0.29, 0.717) is 19.0 Å². The minimum Gasteiger partial charge on any atom is -0.480 e. The number of hydrogen-bond donors (Lipinski definition) is 1. The molecule has 112 valence electrons. The fourth-order valence-corrected chi connectivity index (χ4v) is 2.50. The smallest absolute Gasteiger partial charge is 0.317 e. The van der Waals surface area contributed by atoms with Crippen molar-refractivity contribution < 1.29 is 14.3 Å². The van der Waals surface area contributed by atoms with Gasteiger partial charge in [-0.3, -0.25) is 9.69 Å². The molecule has 5 nitrogen and oxygen atoms in total. The predicted octanol–water partition coefficient (Wildman–Crippen LogP) is 3.14. The van der Waals surface area contributed by atoms with Crippen LogP contribution < -0.4 is 0 Å². The number of nitrogens with zero attached hydrogens (tertiary/aromatic N) is 2. The van der Waals surface area contributed by atoms with Gasteiger partial charge in [0.25, 0.3) is 0 Å². The number of carbonyl (C=O) groups is 1. The zero-order valence-corrected chi connectivity index (χ0v) is 13.6. The first kappa shape index (κ1) is 15.7. The van der Waals surface area contributed by atoms with Gasteiger partial charge in [-0.15, -0.1) is 0 Å². The van der Waals surface area contributed by atoms with Crippen molar-refractivity contribution in [1.29, 1.82) is 0 Å². The first-order chi connectivity index (χ1) is 9.94. The largest absolute Gasteiger partial charge is 0.480 e. The number of oxazole rings is 1. The van der Waals surface area contributed by atoms with Crippen molar-refractivity contribution in [3.63, 3.8) is 0 Å². The summed E-state index contributed by atoms with van der Waals surface area (Å²) in [5.41, 5.74) is 1.87. The molecule has 0 aliphatic heterocycles. The Kier molecular flexibility index (Phi) is 5.14. The van der Waals surface area contributed by atoms with Crippen LogP contribution in [0, 0.1) is 13.8 Å². The summed E-state index contributed by atoms with van der Waals surface area (Å²) >= 11 is 3.42. The van der Waals surface area contributed by atoms with Gasteiger partial charge in [0.05, 0.1) is 18.8 Å². The van der Waals surface area contributed by atoms with E-state index in [1.807, 2.05) is 38.1 Å². The van der Waals surface area contributed by atoms with Gasteiger partial charge in [0.15, 0.2) is 0 Å². The lowest BCUT2D eigenvalue weighted by Crippen LogP contribution is -2.29. The highest BCUT2D eigenvalue weighted by atomic mass is 79.9. The Bertz CT molecular complexity index is 620. The lowest BCUT2D eigenvalue weighted by molar-refractivity contribution is -0.138. The molecule has 0 fully saturated rings. The maximum Gasteiger partial charge on any atom is 0.317 e. The van der Waals surface area contributed by atoms with Crippen LogP contribution in [0.1, 0.15) is 22.9 Å². The van der Waals surface area contributed by atoms with E-state index in [0.717, 1.165) is 21.5 Å². The van der Waals surface area contributed by atoms with E-state index in [1.54, 1.807) is 4.90 Å². The van der Waals surface area contributed by atoms with Gasteiger partial charge in [0.2, 0.25) is 5.89 Å². The van der Waals surface area contributed by atoms with Gasteiger partial charge in [-0.05, 0) is 31.5 Å². The van der Waals surface area contributed by atoms with Gasteiger partial charge < -0.3 is 9.52 Å². The quantitative estimate of drug-likeness (QED) is 0.864. The second-order valence-corrected chi connectivity index (χ2v) is 5.83. The summed E-state index contributed by atoms with van der Waals surface area (Å²) in [5, 5.41) is 9.05. The van der Waals surface area contributed by atoms with Gasteiger partial charge in [0.1, 0.15) is 5.76 Å². The second-order valence-electron chi connectivity index (χ2n) is 4.92. The first-order valence-corrected chi connectivity index (χ1v) is 7.35. The standard InChI is InChI=1S/C15H17BrN2O3/c1-10-11(2)21-14(17-10)8-18(9-15(19)20)7-12-4-3-5-13(16)6-12/h3-6H,7-9H2,1-2H3,(H,19,20). The number of aliphatic carboxylic acids is 1. The Hall–Kier alpha value is -1.66. The van der Waals surface area contributed by atoms with Crippen LogP contribution in [-0.2, 0) is 17.9 Å². The lowest BCUT2D eigenvalue weighted by atomic mass is 10.2. The number of halogens is 1. The van der Waals surface area contributed by atoms with Gasteiger partial charge in [-0.2, -0.15) is 0 Å². The summed E-state index contributed by atoms with van der Waals surface area (Å²) < 4.78 is 6.50. The Morgan fingerprint density at radius 3 is 2.71 bits per heavy atom. The summed E-state index contributed by atoms with van der Waals surface area (Å²) in [4.78, 5) is 17.1. The molecule has 0 radical (unpaired) electrons. The number of carboxylic acid groups (broad SMARTS) is 1. The third-order valence-corrected chi connectivity index (χ3v) is 3.58. The number of carboxylic acids is 1. The van der Waals surface area contributed by atoms with Gasteiger partial charge in [0, 0.05) is 11.0 Å². The van der Waals surface area contributed by atoms with E-state index in [4.69, 9.17) is 9.52 Å². The van der Waals surface area contributed by atoms with Gasteiger partial charge >= 0.3 is 5.97 Å². The molecule has 0 unspecified atom stereocenters. The molecular formula is C15H17BrN2O3. The number of aryl methyl sites for hydroxylation is 2. The molecule has 0 atom stereocenters. The summed E-state index contributed by atoms with van der Waals surface area (Å²) in [6, 6.07) is 7.80. The Balaban J connectivity index is 2.12. The zero-order chi connectivity index (χ0) is 15.4. The highest BCUT2D eigenvalue weighted by molar-refractivity contribution is 9.10. The van der Waals surface area contributed by atoms with Crippen LogP contribution in [0.4, 0.5) is 0 Å². The molecule has 2 rings (SSSR count). The molecule has 0 amide bonds. The second kappa shape index (κ2) is 6.87. The lowest BCUT2D eigenvalue weighted by Gasteiger charge is -2.18. The van der Waals surface area contributed by atoms with Crippen molar-refractivity contribution in [3.05, 3.63) is 51.6 Å². The van der Waals surface area contributed by atoms with Crippen molar-refractivity contribution in [1.82, 2.24) is 9.88 Å². The van der Waals surface area contributed by atoms with Crippen molar-refractivity contribution >= 4 is 21.9 Å². The van der Waals surface area contributed by atoms with Gasteiger partial charge in [-0.1, -0.05) is 28.1 Å². The van der Waals surface area contributed by atoms with E-state index in [-0.39, 0.29) is 6.54 Å². The highest BCUT2D eigenvalue weighted by Crippen LogP contribution is 2.16. The average molecular weight is 353 g/mol. The number of rotatable bonds is 6. The fourth-order valence-electron chi connectivity index (χ4n) is 2.05. The van der Waals surface area contributed by atoms with Crippen LogP contribution in [0.5, 0.6) is 0 Å². The molecule has 0 saturated carbocycles. The van der Waals surface area contributed by atoms with Crippen molar-refractivity contribution in [2.75, 3.05) is 6.54 Å². The predicted molar refractivity (Wildman–Crippen MR) is 81.9 cm³/mol. The molecule has 0 bridgehead atoms. The molecule has 1 heterocycles. The van der Waals surface area contributed by atoms with E-state index in [2.05, 4.69) is 20.9 Å². The molecule has 1 aromatic carbocycles. The van der Waals surface area contributed by atoms with E-state index < -0.39 is 5.97 Å². The van der Waals surface area contributed by atoms with Crippen LogP contribution in [0.3, 0.4) is 0 Å². The molecule has 0 aliphatic carbocycles. The van der Waals surface area contributed by atoms with Crippen molar-refractivity contribution in [2.24, 2.45) is 0 Å². The molecule has 6 heteroatoms. The number of benzene rings is 1. The van der Waals surface area contributed by atoms with E-state index >= 15 is 0 Å². The Labute approximate surface area is 131 Å². The maximum absolute atomic E-state index is 11.0. The Morgan fingerprint density at radius 1 is 1.38 bits per heavy atom. The van der Waals surface area contributed by atoms with E-state index in [1.165, 1.54) is 0 Å². The monoisotopic (exact) mass is 352 g/mol. The minimum atomic E-state index is -0.870. The normalized spacial score (nSPS) is 11.0. The Morgan fingerprint density at radius 2 is 2.14 bits per heavy atom. The molecule has 2 aromatic rings. The maximum atomic E-state index is 11.0. The van der Waals surface area contributed by atoms with Crippen molar-refractivity contribution in [3.8, 4) is 0 Å².